The van der Waals surface area contributed by atoms with Crippen LogP contribution in [0, 0.1) is 0 Å². The predicted octanol–water partition coefficient (Wildman–Crippen LogP) is 5.31. The Morgan fingerprint density at radius 2 is 1.53 bits per heavy atom. The zero-order valence-corrected chi connectivity index (χ0v) is 11.7. The average Bonchev–Trinajstić information content (AvgIpc) is 2.16. The maximum Gasteiger partial charge on any atom is 0.0444 e. The topological polar surface area (TPSA) is 0 Å². The first-order valence-corrected chi connectivity index (χ1v) is 6.95. The van der Waals surface area contributed by atoms with E-state index in [1.54, 1.807) is 11.8 Å². The van der Waals surface area contributed by atoms with Gasteiger partial charge in [0.1, 0.15) is 0 Å². The molecule has 84 valence electrons. The van der Waals surface area contributed by atoms with Gasteiger partial charge < -0.3 is 0 Å². The molecule has 2 heteroatoms. The Labute approximate surface area is 102 Å². The van der Waals surface area contributed by atoms with Crippen molar-refractivity contribution in [1.82, 2.24) is 0 Å². The Kier molecular flexibility index (Phi) is 4.54. The van der Waals surface area contributed by atoms with Crippen LogP contribution in [-0.4, -0.2) is 6.26 Å². The molecular formula is C13H19ClS. The lowest BCUT2D eigenvalue weighted by atomic mass is 9.97. The van der Waals surface area contributed by atoms with Gasteiger partial charge >= 0.3 is 0 Å². The zero-order chi connectivity index (χ0) is 11.6. The monoisotopic (exact) mass is 242 g/mol. The molecule has 0 amide bonds. The van der Waals surface area contributed by atoms with Crippen LogP contribution in [0.4, 0.5) is 0 Å². The number of halogens is 1. The molecule has 0 N–H and O–H groups in total. The van der Waals surface area contributed by atoms with Crippen LogP contribution < -0.4 is 0 Å². The van der Waals surface area contributed by atoms with Gasteiger partial charge in [0.15, 0.2) is 0 Å². The maximum atomic E-state index is 6.29. The van der Waals surface area contributed by atoms with E-state index in [1.807, 2.05) is 0 Å². The van der Waals surface area contributed by atoms with Crippen LogP contribution in [0.5, 0.6) is 0 Å². The number of hydrogen-bond donors (Lipinski definition) is 0. The lowest BCUT2D eigenvalue weighted by molar-refractivity contribution is 0.822. The van der Waals surface area contributed by atoms with E-state index in [0.717, 1.165) is 5.02 Å². The molecule has 0 atom stereocenters. The van der Waals surface area contributed by atoms with Gasteiger partial charge in [-0.05, 0) is 41.4 Å². The molecule has 0 bridgehead atoms. The Hall–Kier alpha value is -0.140. The lowest BCUT2D eigenvalue weighted by Crippen LogP contribution is -1.96. The van der Waals surface area contributed by atoms with Gasteiger partial charge in [0.2, 0.25) is 0 Å². The molecule has 0 saturated carbocycles. The van der Waals surface area contributed by atoms with Crippen LogP contribution in [0.15, 0.2) is 17.0 Å². The number of thioether (sulfide) groups is 1. The van der Waals surface area contributed by atoms with Gasteiger partial charge in [-0.3, -0.25) is 0 Å². The minimum absolute atomic E-state index is 0.490. The third kappa shape index (κ3) is 2.92. The molecule has 15 heavy (non-hydrogen) atoms. The average molecular weight is 243 g/mol. The Balaban J connectivity index is 3.29. The van der Waals surface area contributed by atoms with E-state index >= 15 is 0 Å². The highest BCUT2D eigenvalue weighted by atomic mass is 35.5. The van der Waals surface area contributed by atoms with Crippen LogP contribution >= 0.6 is 23.4 Å². The molecule has 0 fully saturated rings. The summed E-state index contributed by atoms with van der Waals surface area (Å²) in [4.78, 5) is 1.36. The van der Waals surface area contributed by atoms with E-state index in [4.69, 9.17) is 11.6 Å². The molecule has 0 aliphatic rings. The molecular weight excluding hydrogens is 224 g/mol. The molecule has 0 unspecified atom stereocenters. The van der Waals surface area contributed by atoms with Gasteiger partial charge in [-0.25, -0.2) is 0 Å². The van der Waals surface area contributed by atoms with Crippen molar-refractivity contribution in [3.63, 3.8) is 0 Å². The first-order valence-electron chi connectivity index (χ1n) is 5.34. The largest absolute Gasteiger partial charge is 0.129 e. The van der Waals surface area contributed by atoms with Crippen molar-refractivity contribution < 1.29 is 0 Å². The molecule has 0 aliphatic heterocycles. The third-order valence-corrected chi connectivity index (χ3v) is 3.71. The second kappa shape index (κ2) is 5.27. The summed E-state index contributed by atoms with van der Waals surface area (Å²) in [5, 5.41) is 0.909. The normalized spacial score (nSPS) is 11.5. The summed E-state index contributed by atoms with van der Waals surface area (Å²) in [6.07, 6.45) is 2.12. The van der Waals surface area contributed by atoms with Gasteiger partial charge in [0.05, 0.1) is 0 Å². The van der Waals surface area contributed by atoms with Gasteiger partial charge in [-0.15, -0.1) is 11.8 Å². The second-order valence-corrected chi connectivity index (χ2v) is 5.68. The highest BCUT2D eigenvalue weighted by molar-refractivity contribution is 7.98. The molecule has 0 saturated heterocycles. The summed E-state index contributed by atoms with van der Waals surface area (Å²) in [6, 6.07) is 4.38. The highest BCUT2D eigenvalue weighted by Crippen LogP contribution is 2.35. The van der Waals surface area contributed by atoms with E-state index in [9.17, 15) is 0 Å². The van der Waals surface area contributed by atoms with Crippen LogP contribution in [0.1, 0.15) is 50.7 Å². The molecule has 1 rings (SSSR count). The van der Waals surface area contributed by atoms with Crippen molar-refractivity contribution in [1.29, 1.82) is 0 Å². The van der Waals surface area contributed by atoms with Gasteiger partial charge in [0, 0.05) is 9.92 Å². The summed E-state index contributed by atoms with van der Waals surface area (Å²) in [5.74, 6) is 1.02. The minimum Gasteiger partial charge on any atom is -0.129 e. The molecule has 0 spiro atoms. The second-order valence-electron chi connectivity index (χ2n) is 4.43. The zero-order valence-electron chi connectivity index (χ0n) is 10.1. The molecule has 0 aromatic heterocycles. The fraction of sp³-hybridized carbons (Fsp3) is 0.538. The van der Waals surface area contributed by atoms with Gasteiger partial charge in [0.25, 0.3) is 0 Å². The van der Waals surface area contributed by atoms with E-state index in [2.05, 4.69) is 46.1 Å². The van der Waals surface area contributed by atoms with Crippen LogP contribution in [0.2, 0.25) is 5.02 Å². The van der Waals surface area contributed by atoms with E-state index in [0.29, 0.717) is 11.8 Å². The van der Waals surface area contributed by atoms with Crippen molar-refractivity contribution >= 4 is 23.4 Å². The van der Waals surface area contributed by atoms with Gasteiger partial charge in [-0.2, -0.15) is 0 Å². The van der Waals surface area contributed by atoms with Crippen LogP contribution in [-0.2, 0) is 0 Å². The summed E-state index contributed by atoms with van der Waals surface area (Å²) in [6.45, 7) is 8.78. The van der Waals surface area contributed by atoms with Crippen molar-refractivity contribution in [3.8, 4) is 0 Å². The quantitative estimate of drug-likeness (QED) is 0.648. The summed E-state index contributed by atoms with van der Waals surface area (Å²) < 4.78 is 0. The smallest absolute Gasteiger partial charge is 0.0444 e. The van der Waals surface area contributed by atoms with E-state index < -0.39 is 0 Å². The van der Waals surface area contributed by atoms with Crippen LogP contribution in [0.3, 0.4) is 0 Å². The SMILES string of the molecule is CSc1cc(C(C)C)c(Cl)cc1C(C)C. The molecule has 0 radical (unpaired) electrons. The van der Waals surface area contributed by atoms with Crippen molar-refractivity contribution in [2.45, 2.75) is 44.4 Å². The van der Waals surface area contributed by atoms with Crippen molar-refractivity contribution in [3.05, 3.63) is 28.3 Å². The summed E-state index contributed by atoms with van der Waals surface area (Å²) >= 11 is 8.09. The fourth-order valence-electron chi connectivity index (χ4n) is 1.65. The Morgan fingerprint density at radius 3 is 1.93 bits per heavy atom. The molecule has 1 aromatic rings. The van der Waals surface area contributed by atoms with Crippen molar-refractivity contribution in [2.75, 3.05) is 6.26 Å². The number of benzene rings is 1. The number of rotatable bonds is 3. The molecule has 0 nitrogen and oxygen atoms in total. The molecule has 0 aliphatic carbocycles. The minimum atomic E-state index is 0.490. The Bertz CT molecular complexity index is 343. The number of hydrogen-bond acceptors (Lipinski definition) is 1. The standard InChI is InChI=1S/C13H19ClS/c1-8(2)10-7-13(15-5)11(9(3)4)6-12(10)14/h6-9H,1-5H3. The maximum absolute atomic E-state index is 6.29. The molecule has 1 aromatic carbocycles. The van der Waals surface area contributed by atoms with Gasteiger partial charge in [-0.1, -0.05) is 39.3 Å². The molecule has 0 heterocycles. The van der Waals surface area contributed by atoms with E-state index in [1.165, 1.54) is 16.0 Å². The highest BCUT2D eigenvalue weighted by Gasteiger charge is 2.12. The summed E-state index contributed by atoms with van der Waals surface area (Å²) in [5.41, 5.74) is 2.61. The van der Waals surface area contributed by atoms with Crippen LogP contribution in [0.25, 0.3) is 0 Å². The lowest BCUT2D eigenvalue weighted by Gasteiger charge is -2.16. The summed E-state index contributed by atoms with van der Waals surface area (Å²) in [7, 11) is 0. The van der Waals surface area contributed by atoms with E-state index in [-0.39, 0.29) is 0 Å². The van der Waals surface area contributed by atoms with Crippen molar-refractivity contribution in [2.24, 2.45) is 0 Å². The third-order valence-electron chi connectivity index (χ3n) is 2.59. The first-order chi connectivity index (χ1) is 6.97. The predicted molar refractivity (Wildman–Crippen MR) is 71.4 cm³/mol. The first kappa shape index (κ1) is 12.9. The Morgan fingerprint density at radius 1 is 1.00 bits per heavy atom. The fourth-order valence-corrected chi connectivity index (χ4v) is 2.82.